The van der Waals surface area contributed by atoms with E-state index in [4.69, 9.17) is 9.97 Å². The van der Waals surface area contributed by atoms with Crippen LogP contribution in [0.4, 0.5) is 17.5 Å². The van der Waals surface area contributed by atoms with Crippen molar-refractivity contribution in [3.8, 4) is 0 Å². The van der Waals surface area contributed by atoms with Gasteiger partial charge in [-0.1, -0.05) is 25.0 Å². The lowest BCUT2D eigenvalue weighted by molar-refractivity contribution is 0.742. The second kappa shape index (κ2) is 6.63. The number of para-hydroxylation sites is 1. The molecule has 23 heavy (non-hydrogen) atoms. The Hall–Kier alpha value is -1.37. The van der Waals surface area contributed by atoms with Crippen LogP contribution >= 0.6 is 22.6 Å². The van der Waals surface area contributed by atoms with E-state index < -0.39 is 0 Å². The van der Waals surface area contributed by atoms with Crippen LogP contribution < -0.4 is 10.6 Å². The predicted octanol–water partition coefficient (Wildman–Crippen LogP) is 5.06. The number of nitrogens with zero attached hydrogens (tertiary/aromatic N) is 2. The van der Waals surface area contributed by atoms with E-state index >= 15 is 0 Å². The predicted molar refractivity (Wildman–Crippen MR) is 102 cm³/mol. The highest BCUT2D eigenvalue weighted by Gasteiger charge is 2.27. The van der Waals surface area contributed by atoms with E-state index in [-0.39, 0.29) is 0 Å². The zero-order valence-electron chi connectivity index (χ0n) is 13.1. The standard InChI is InChI=1S/C18H21IN4/c19-14-7-3-4-8-15(14)21-17-11-16(12-9-10-12)22-18(23-17)20-13-5-1-2-6-13/h3-4,7-8,11-13H,1-2,5-6,9-10H2,(H2,20,21,22,23). The number of benzene rings is 1. The van der Waals surface area contributed by atoms with E-state index in [2.05, 4.69) is 57.5 Å². The Balaban J connectivity index is 1.59. The molecule has 0 bridgehead atoms. The van der Waals surface area contributed by atoms with Gasteiger partial charge in [-0.15, -0.1) is 0 Å². The van der Waals surface area contributed by atoms with E-state index in [9.17, 15) is 0 Å². The van der Waals surface area contributed by atoms with E-state index in [1.54, 1.807) is 0 Å². The first-order chi connectivity index (χ1) is 11.3. The van der Waals surface area contributed by atoms with Gasteiger partial charge >= 0.3 is 0 Å². The van der Waals surface area contributed by atoms with Crippen LogP contribution in [-0.4, -0.2) is 16.0 Å². The Morgan fingerprint density at radius 3 is 2.52 bits per heavy atom. The summed E-state index contributed by atoms with van der Waals surface area (Å²) in [6.07, 6.45) is 7.59. The molecule has 1 aromatic carbocycles. The molecule has 2 aliphatic carbocycles. The van der Waals surface area contributed by atoms with Gasteiger partial charge < -0.3 is 10.6 Å². The van der Waals surface area contributed by atoms with Crippen molar-refractivity contribution in [2.24, 2.45) is 0 Å². The van der Waals surface area contributed by atoms with Gasteiger partial charge in [0.1, 0.15) is 5.82 Å². The fraction of sp³-hybridized carbons (Fsp3) is 0.444. The molecule has 2 aliphatic rings. The summed E-state index contributed by atoms with van der Waals surface area (Å²) >= 11 is 2.35. The molecule has 0 radical (unpaired) electrons. The highest BCUT2D eigenvalue weighted by Crippen LogP contribution is 2.40. The zero-order valence-corrected chi connectivity index (χ0v) is 15.2. The summed E-state index contributed by atoms with van der Waals surface area (Å²) in [4.78, 5) is 9.47. The van der Waals surface area contributed by atoms with Crippen molar-refractivity contribution in [2.45, 2.75) is 50.5 Å². The molecule has 5 heteroatoms. The van der Waals surface area contributed by atoms with Gasteiger partial charge in [-0.25, -0.2) is 4.98 Å². The molecular formula is C18H21IN4. The minimum atomic E-state index is 0.536. The van der Waals surface area contributed by atoms with Crippen LogP contribution in [0.5, 0.6) is 0 Å². The number of rotatable bonds is 5. The summed E-state index contributed by atoms with van der Waals surface area (Å²) in [5, 5.41) is 7.00. The second-order valence-electron chi connectivity index (χ2n) is 6.51. The molecule has 2 aromatic rings. The normalized spacial score (nSPS) is 18.1. The molecule has 0 amide bonds. The number of hydrogen-bond acceptors (Lipinski definition) is 4. The minimum absolute atomic E-state index is 0.536. The average molecular weight is 420 g/mol. The van der Waals surface area contributed by atoms with Crippen LogP contribution in [0.1, 0.15) is 50.1 Å². The molecule has 1 aromatic heterocycles. The van der Waals surface area contributed by atoms with Crippen molar-refractivity contribution in [1.29, 1.82) is 0 Å². The number of halogens is 1. The van der Waals surface area contributed by atoms with E-state index in [0.717, 1.165) is 17.5 Å². The third kappa shape index (κ3) is 3.76. The summed E-state index contributed by atoms with van der Waals surface area (Å²) in [5.74, 6) is 2.30. The Bertz CT molecular complexity index is 693. The lowest BCUT2D eigenvalue weighted by Crippen LogP contribution is -2.17. The van der Waals surface area contributed by atoms with Crippen molar-refractivity contribution >= 4 is 40.0 Å². The fourth-order valence-corrected chi connectivity index (χ4v) is 3.66. The van der Waals surface area contributed by atoms with E-state index in [1.165, 1.54) is 47.8 Å². The first-order valence-electron chi connectivity index (χ1n) is 8.45. The maximum atomic E-state index is 4.76. The Morgan fingerprint density at radius 1 is 1.00 bits per heavy atom. The number of aromatic nitrogens is 2. The summed E-state index contributed by atoms with van der Waals surface area (Å²) in [6, 6.07) is 10.9. The zero-order chi connectivity index (χ0) is 15.6. The molecule has 4 rings (SSSR count). The first-order valence-corrected chi connectivity index (χ1v) is 9.53. The molecule has 1 heterocycles. The van der Waals surface area contributed by atoms with Crippen LogP contribution in [0.3, 0.4) is 0 Å². The maximum Gasteiger partial charge on any atom is 0.225 e. The van der Waals surface area contributed by atoms with Crippen LogP contribution in [0, 0.1) is 3.57 Å². The summed E-state index contributed by atoms with van der Waals surface area (Å²) < 4.78 is 1.20. The molecule has 0 saturated heterocycles. The van der Waals surface area contributed by atoms with Crippen LogP contribution in [-0.2, 0) is 0 Å². The molecule has 0 unspecified atom stereocenters. The van der Waals surface area contributed by atoms with Gasteiger partial charge in [-0.2, -0.15) is 4.98 Å². The monoisotopic (exact) mass is 420 g/mol. The van der Waals surface area contributed by atoms with Crippen molar-refractivity contribution in [1.82, 2.24) is 9.97 Å². The molecule has 2 fully saturated rings. The quantitative estimate of drug-likeness (QED) is 0.665. The smallest absolute Gasteiger partial charge is 0.225 e. The van der Waals surface area contributed by atoms with Gasteiger partial charge in [-0.3, -0.25) is 0 Å². The maximum absolute atomic E-state index is 4.76. The minimum Gasteiger partial charge on any atom is -0.351 e. The number of hydrogen-bond donors (Lipinski definition) is 2. The summed E-state index contributed by atoms with van der Waals surface area (Å²) in [6.45, 7) is 0. The molecule has 0 atom stereocenters. The third-order valence-corrected chi connectivity index (χ3v) is 5.51. The second-order valence-corrected chi connectivity index (χ2v) is 7.67. The van der Waals surface area contributed by atoms with Gasteiger partial charge in [0, 0.05) is 21.6 Å². The first kappa shape index (κ1) is 15.2. The van der Waals surface area contributed by atoms with E-state index in [0.29, 0.717) is 12.0 Å². The molecule has 2 N–H and O–H groups in total. The van der Waals surface area contributed by atoms with Crippen molar-refractivity contribution in [2.75, 3.05) is 10.6 Å². The topological polar surface area (TPSA) is 49.8 Å². The molecule has 0 aliphatic heterocycles. The Labute approximate surface area is 150 Å². The molecule has 2 saturated carbocycles. The lowest BCUT2D eigenvalue weighted by Gasteiger charge is -2.15. The van der Waals surface area contributed by atoms with Crippen molar-refractivity contribution in [3.63, 3.8) is 0 Å². The Morgan fingerprint density at radius 2 is 1.78 bits per heavy atom. The SMILES string of the molecule is Ic1ccccc1Nc1cc(C2CC2)nc(NC2CCCC2)n1. The molecule has 0 spiro atoms. The van der Waals surface area contributed by atoms with E-state index in [1.807, 2.05) is 6.07 Å². The van der Waals surface area contributed by atoms with Gasteiger partial charge in [0.2, 0.25) is 5.95 Å². The van der Waals surface area contributed by atoms with Gasteiger partial charge in [0.15, 0.2) is 0 Å². The molecular weight excluding hydrogens is 399 g/mol. The van der Waals surface area contributed by atoms with Crippen LogP contribution in [0.15, 0.2) is 30.3 Å². The van der Waals surface area contributed by atoms with Gasteiger partial charge in [0.25, 0.3) is 0 Å². The Kier molecular flexibility index (Phi) is 4.37. The fourth-order valence-electron chi connectivity index (χ4n) is 3.14. The summed E-state index contributed by atoms with van der Waals surface area (Å²) in [7, 11) is 0. The average Bonchev–Trinajstić information content (AvgIpc) is 3.28. The number of anilines is 3. The highest BCUT2D eigenvalue weighted by molar-refractivity contribution is 14.1. The molecule has 120 valence electrons. The highest BCUT2D eigenvalue weighted by atomic mass is 127. The third-order valence-electron chi connectivity index (χ3n) is 4.57. The van der Waals surface area contributed by atoms with Crippen molar-refractivity contribution < 1.29 is 0 Å². The lowest BCUT2D eigenvalue weighted by atomic mass is 10.2. The van der Waals surface area contributed by atoms with Crippen molar-refractivity contribution in [3.05, 3.63) is 39.6 Å². The number of nitrogens with one attached hydrogen (secondary N) is 2. The van der Waals surface area contributed by atoms with Gasteiger partial charge in [0.05, 0.1) is 11.4 Å². The van der Waals surface area contributed by atoms with Crippen LogP contribution in [0.2, 0.25) is 0 Å². The molecule has 4 nitrogen and oxygen atoms in total. The largest absolute Gasteiger partial charge is 0.351 e. The van der Waals surface area contributed by atoms with Crippen LogP contribution in [0.25, 0.3) is 0 Å². The summed E-state index contributed by atoms with van der Waals surface area (Å²) in [5.41, 5.74) is 2.27. The van der Waals surface area contributed by atoms with Gasteiger partial charge in [-0.05, 0) is 60.4 Å².